The molecule has 0 unspecified atom stereocenters. The number of halogens is 1. The summed E-state index contributed by atoms with van der Waals surface area (Å²) in [6, 6.07) is 15.1. The highest BCUT2D eigenvalue weighted by Crippen LogP contribution is 2.31. The van der Waals surface area contributed by atoms with Crippen LogP contribution in [0, 0.1) is 0 Å². The maximum absolute atomic E-state index is 11.5. The molecule has 3 nitrogen and oxygen atoms in total. The van der Waals surface area contributed by atoms with Gasteiger partial charge in [0, 0.05) is 14.8 Å². The van der Waals surface area contributed by atoms with Gasteiger partial charge in [0.25, 0.3) is 0 Å². The molecular weight excluding hydrogens is 352 g/mol. The second-order valence-electron chi connectivity index (χ2n) is 4.44. The number of furan rings is 1. The Kier molecular flexibility index (Phi) is 4.03. The largest absolute Gasteiger partial charge is 0.478 e. The highest BCUT2D eigenvalue weighted by molar-refractivity contribution is 9.10. The Morgan fingerprint density at radius 1 is 1.14 bits per heavy atom. The third-order valence-electron chi connectivity index (χ3n) is 3.07. The number of thioether (sulfide) groups is 1. The van der Waals surface area contributed by atoms with Crippen LogP contribution in [0.2, 0.25) is 0 Å². The molecule has 0 aliphatic heterocycles. The number of para-hydroxylation sites is 1. The Morgan fingerprint density at radius 3 is 2.57 bits per heavy atom. The van der Waals surface area contributed by atoms with Gasteiger partial charge in [0.15, 0.2) is 0 Å². The van der Waals surface area contributed by atoms with E-state index in [1.807, 2.05) is 36.4 Å². The zero-order valence-electron chi connectivity index (χ0n) is 10.9. The number of hydrogen-bond acceptors (Lipinski definition) is 3. The SMILES string of the molecule is O=C(O)c1c(CSc2ccc(Br)cc2)oc2ccccc12. The first-order chi connectivity index (χ1) is 10.1. The van der Waals surface area contributed by atoms with Crippen molar-refractivity contribution >= 4 is 44.6 Å². The molecule has 0 atom stereocenters. The highest BCUT2D eigenvalue weighted by atomic mass is 79.9. The Labute approximate surface area is 134 Å². The van der Waals surface area contributed by atoms with E-state index in [4.69, 9.17) is 4.42 Å². The van der Waals surface area contributed by atoms with E-state index in [0.29, 0.717) is 22.5 Å². The van der Waals surface area contributed by atoms with Crippen LogP contribution in [0.3, 0.4) is 0 Å². The van der Waals surface area contributed by atoms with E-state index in [0.717, 1.165) is 9.37 Å². The summed E-state index contributed by atoms with van der Waals surface area (Å²) in [5.74, 6) is 0.0285. The number of benzene rings is 2. The topological polar surface area (TPSA) is 50.4 Å². The third kappa shape index (κ3) is 2.99. The van der Waals surface area contributed by atoms with Gasteiger partial charge in [-0.05, 0) is 30.3 Å². The number of hydrogen-bond donors (Lipinski definition) is 1. The van der Waals surface area contributed by atoms with Crippen LogP contribution in [0.4, 0.5) is 0 Å². The van der Waals surface area contributed by atoms with E-state index in [9.17, 15) is 9.90 Å². The molecule has 1 N–H and O–H groups in total. The first-order valence-electron chi connectivity index (χ1n) is 6.27. The fourth-order valence-electron chi connectivity index (χ4n) is 2.11. The predicted molar refractivity (Wildman–Crippen MR) is 86.9 cm³/mol. The van der Waals surface area contributed by atoms with Gasteiger partial charge >= 0.3 is 5.97 Å². The lowest BCUT2D eigenvalue weighted by Gasteiger charge is -2.01. The monoisotopic (exact) mass is 362 g/mol. The Balaban J connectivity index is 1.91. The molecule has 0 saturated carbocycles. The average molecular weight is 363 g/mol. The molecule has 0 aliphatic carbocycles. The van der Waals surface area contributed by atoms with Crippen molar-refractivity contribution in [3.8, 4) is 0 Å². The van der Waals surface area contributed by atoms with Crippen LogP contribution in [0.1, 0.15) is 16.1 Å². The van der Waals surface area contributed by atoms with E-state index in [2.05, 4.69) is 15.9 Å². The zero-order chi connectivity index (χ0) is 14.8. The lowest BCUT2D eigenvalue weighted by molar-refractivity contribution is 0.0697. The van der Waals surface area contributed by atoms with Gasteiger partial charge in [0.05, 0.1) is 5.75 Å². The molecule has 106 valence electrons. The standard InChI is InChI=1S/C16H11BrO3S/c17-10-5-7-11(8-6-10)21-9-14-15(16(18)19)12-3-1-2-4-13(12)20-14/h1-8H,9H2,(H,18,19). The molecular formula is C16H11BrO3S. The quantitative estimate of drug-likeness (QED) is 0.649. The fourth-order valence-corrected chi connectivity index (χ4v) is 3.21. The molecule has 0 fully saturated rings. The van der Waals surface area contributed by atoms with Crippen molar-refractivity contribution < 1.29 is 14.3 Å². The predicted octanol–water partition coefficient (Wildman–Crippen LogP) is 5.19. The summed E-state index contributed by atoms with van der Waals surface area (Å²) in [6.07, 6.45) is 0. The van der Waals surface area contributed by atoms with Gasteiger partial charge in [0.1, 0.15) is 16.9 Å². The van der Waals surface area contributed by atoms with Crippen LogP contribution in [-0.2, 0) is 5.75 Å². The molecule has 0 spiro atoms. The van der Waals surface area contributed by atoms with Crippen molar-refractivity contribution in [2.45, 2.75) is 10.6 Å². The fraction of sp³-hybridized carbons (Fsp3) is 0.0625. The van der Waals surface area contributed by atoms with Gasteiger partial charge in [-0.1, -0.05) is 34.1 Å². The molecule has 1 heterocycles. The minimum atomic E-state index is -0.952. The van der Waals surface area contributed by atoms with Gasteiger partial charge in [-0.3, -0.25) is 0 Å². The summed E-state index contributed by atoms with van der Waals surface area (Å²) in [5, 5.41) is 10.1. The van der Waals surface area contributed by atoms with Crippen molar-refractivity contribution in [2.75, 3.05) is 0 Å². The van der Waals surface area contributed by atoms with E-state index in [1.54, 1.807) is 23.9 Å². The second-order valence-corrected chi connectivity index (χ2v) is 6.41. The molecule has 0 aliphatic rings. The zero-order valence-corrected chi connectivity index (χ0v) is 13.3. The van der Waals surface area contributed by atoms with Gasteiger partial charge in [-0.25, -0.2) is 4.79 Å². The van der Waals surface area contributed by atoms with Gasteiger partial charge in [-0.15, -0.1) is 11.8 Å². The first kappa shape index (κ1) is 14.2. The summed E-state index contributed by atoms with van der Waals surface area (Å²) in [6.45, 7) is 0. The average Bonchev–Trinajstić information content (AvgIpc) is 2.85. The number of aromatic carboxylic acids is 1. The Hall–Kier alpha value is -1.72. The van der Waals surface area contributed by atoms with E-state index >= 15 is 0 Å². The smallest absolute Gasteiger partial charge is 0.339 e. The number of fused-ring (bicyclic) bond motifs is 1. The molecule has 3 rings (SSSR count). The molecule has 0 radical (unpaired) electrons. The minimum Gasteiger partial charge on any atom is -0.478 e. The van der Waals surface area contributed by atoms with E-state index in [-0.39, 0.29) is 5.56 Å². The minimum absolute atomic E-state index is 0.259. The molecule has 0 bridgehead atoms. The summed E-state index contributed by atoms with van der Waals surface area (Å²) >= 11 is 4.94. The lowest BCUT2D eigenvalue weighted by Crippen LogP contribution is -1.98. The number of rotatable bonds is 4. The molecule has 0 saturated heterocycles. The van der Waals surface area contributed by atoms with Crippen molar-refractivity contribution in [3.63, 3.8) is 0 Å². The molecule has 1 aromatic heterocycles. The first-order valence-corrected chi connectivity index (χ1v) is 8.05. The summed E-state index contributed by atoms with van der Waals surface area (Å²) in [4.78, 5) is 12.5. The molecule has 0 amide bonds. The lowest BCUT2D eigenvalue weighted by atomic mass is 10.1. The molecule has 2 aromatic carbocycles. The normalized spacial score (nSPS) is 10.9. The molecule has 21 heavy (non-hydrogen) atoms. The van der Waals surface area contributed by atoms with Crippen molar-refractivity contribution in [2.24, 2.45) is 0 Å². The van der Waals surface area contributed by atoms with Gasteiger partial charge < -0.3 is 9.52 Å². The van der Waals surface area contributed by atoms with E-state index < -0.39 is 5.97 Å². The van der Waals surface area contributed by atoms with Crippen LogP contribution in [0.15, 0.2) is 62.3 Å². The number of carboxylic acid groups (broad SMARTS) is 1. The summed E-state index contributed by atoms with van der Waals surface area (Å²) in [5.41, 5.74) is 0.872. The Morgan fingerprint density at radius 2 is 1.86 bits per heavy atom. The maximum atomic E-state index is 11.5. The highest BCUT2D eigenvalue weighted by Gasteiger charge is 2.19. The molecule has 5 heteroatoms. The van der Waals surface area contributed by atoms with Crippen molar-refractivity contribution in [3.05, 3.63) is 64.3 Å². The Bertz CT molecular complexity index is 793. The maximum Gasteiger partial charge on any atom is 0.339 e. The third-order valence-corrected chi connectivity index (χ3v) is 4.61. The van der Waals surface area contributed by atoms with Crippen molar-refractivity contribution in [1.82, 2.24) is 0 Å². The van der Waals surface area contributed by atoms with Crippen LogP contribution < -0.4 is 0 Å². The van der Waals surface area contributed by atoms with Crippen molar-refractivity contribution in [1.29, 1.82) is 0 Å². The molecule has 3 aromatic rings. The van der Waals surface area contributed by atoms with E-state index in [1.165, 1.54) is 0 Å². The van der Waals surface area contributed by atoms with Crippen LogP contribution in [0.25, 0.3) is 11.0 Å². The van der Waals surface area contributed by atoms with Crippen LogP contribution in [0.5, 0.6) is 0 Å². The van der Waals surface area contributed by atoms with Crippen LogP contribution in [-0.4, -0.2) is 11.1 Å². The number of carboxylic acids is 1. The number of carbonyl (C=O) groups is 1. The van der Waals surface area contributed by atoms with Gasteiger partial charge in [-0.2, -0.15) is 0 Å². The van der Waals surface area contributed by atoms with Gasteiger partial charge in [0.2, 0.25) is 0 Å². The summed E-state index contributed by atoms with van der Waals surface area (Å²) < 4.78 is 6.71. The second kappa shape index (κ2) is 5.95. The van der Waals surface area contributed by atoms with Crippen LogP contribution >= 0.6 is 27.7 Å². The summed E-state index contributed by atoms with van der Waals surface area (Å²) in [7, 11) is 0.